The van der Waals surface area contributed by atoms with Crippen LogP contribution in [0.15, 0.2) is 18.3 Å². The Morgan fingerprint density at radius 3 is 2.56 bits per heavy atom. The van der Waals surface area contributed by atoms with Crippen LogP contribution in [0.2, 0.25) is 0 Å². The fourth-order valence-electron chi connectivity index (χ4n) is 3.53. The summed E-state index contributed by atoms with van der Waals surface area (Å²) in [5, 5.41) is 0. The Hall–Kier alpha value is -2.41. The van der Waals surface area contributed by atoms with Gasteiger partial charge < -0.3 is 15.0 Å². The normalized spacial score (nSPS) is 16.5. The van der Waals surface area contributed by atoms with E-state index in [9.17, 15) is 9.59 Å². The molecule has 2 aromatic heterocycles. The number of carbonyl (C=O) groups is 2. The fourth-order valence-corrected chi connectivity index (χ4v) is 3.53. The van der Waals surface area contributed by atoms with Crippen molar-refractivity contribution >= 4 is 17.5 Å². The van der Waals surface area contributed by atoms with Gasteiger partial charge in [0, 0.05) is 25.8 Å². The number of hydrogen-bond acceptors (Lipinski definition) is 4. The largest absolute Gasteiger partial charge is 0.368 e. The molecule has 2 amide bonds. The van der Waals surface area contributed by atoms with Gasteiger partial charge in [0.2, 0.25) is 5.91 Å². The van der Waals surface area contributed by atoms with E-state index in [0.29, 0.717) is 12.2 Å². The van der Waals surface area contributed by atoms with Crippen molar-refractivity contribution in [1.29, 1.82) is 0 Å². The Balaban J connectivity index is 1.99. The molecule has 7 heteroatoms. The van der Waals surface area contributed by atoms with E-state index in [1.807, 2.05) is 46.5 Å². The number of aromatic nitrogens is 2. The third kappa shape index (κ3) is 4.13. The maximum atomic E-state index is 13.3. The van der Waals surface area contributed by atoms with Crippen molar-refractivity contribution in [2.45, 2.75) is 52.1 Å². The highest BCUT2D eigenvalue weighted by Gasteiger charge is 2.26. The van der Waals surface area contributed by atoms with Crippen LogP contribution in [0.1, 0.15) is 54.4 Å². The number of likely N-dealkylation sites (N-methyl/N-ethyl adjacent to an activating group) is 1. The van der Waals surface area contributed by atoms with Gasteiger partial charge in [-0.2, -0.15) is 0 Å². The number of imidazole rings is 1. The second-order valence-corrected chi connectivity index (χ2v) is 7.54. The van der Waals surface area contributed by atoms with Gasteiger partial charge in [-0.15, -0.1) is 0 Å². The molecule has 2 aromatic rings. The zero-order chi connectivity index (χ0) is 19.6. The molecule has 1 aliphatic rings. The van der Waals surface area contributed by atoms with E-state index in [-0.39, 0.29) is 11.8 Å². The molecule has 0 radical (unpaired) electrons. The lowest BCUT2D eigenvalue weighted by atomic mass is 10.2. The quantitative estimate of drug-likeness (QED) is 0.871. The van der Waals surface area contributed by atoms with Crippen LogP contribution in [0.3, 0.4) is 0 Å². The van der Waals surface area contributed by atoms with E-state index in [2.05, 4.69) is 4.98 Å². The molecule has 27 heavy (non-hydrogen) atoms. The van der Waals surface area contributed by atoms with Crippen molar-refractivity contribution in [1.82, 2.24) is 19.2 Å². The van der Waals surface area contributed by atoms with Gasteiger partial charge in [-0.25, -0.2) is 4.98 Å². The Kier molecular flexibility index (Phi) is 5.79. The number of fused-ring (bicyclic) bond motifs is 1. The highest BCUT2D eigenvalue weighted by Crippen LogP contribution is 2.20. The number of aryl methyl sites for hydroxylation is 1. The van der Waals surface area contributed by atoms with Crippen LogP contribution in [0.5, 0.6) is 0 Å². The van der Waals surface area contributed by atoms with Crippen molar-refractivity contribution in [3.63, 3.8) is 0 Å². The zero-order valence-electron chi connectivity index (χ0n) is 16.4. The average molecular weight is 371 g/mol. The summed E-state index contributed by atoms with van der Waals surface area (Å²) in [6.45, 7) is 5.75. The molecule has 7 nitrogen and oxygen atoms in total. The predicted octanol–water partition coefficient (Wildman–Crippen LogP) is 1.96. The molecule has 0 bridgehead atoms. The van der Waals surface area contributed by atoms with Crippen LogP contribution >= 0.6 is 0 Å². The van der Waals surface area contributed by atoms with Gasteiger partial charge in [-0.3, -0.25) is 14.5 Å². The SMILES string of the molecule is Cc1ccn2c(CN(C)[C@@H](C)C(N)=O)c(C(=O)N3CCCCCC3)nc2c1. The first-order valence-electron chi connectivity index (χ1n) is 9.65. The minimum absolute atomic E-state index is 0.0200. The van der Waals surface area contributed by atoms with Crippen LogP contribution in [0, 0.1) is 6.92 Å². The lowest BCUT2D eigenvalue weighted by molar-refractivity contribution is -0.122. The summed E-state index contributed by atoms with van der Waals surface area (Å²) in [7, 11) is 1.84. The molecular weight excluding hydrogens is 342 g/mol. The van der Waals surface area contributed by atoms with Crippen LogP contribution in [0.25, 0.3) is 5.65 Å². The molecule has 1 atom stereocenters. The van der Waals surface area contributed by atoms with E-state index in [4.69, 9.17) is 5.73 Å². The number of nitrogens with two attached hydrogens (primary N) is 1. The van der Waals surface area contributed by atoms with Crippen molar-refractivity contribution in [3.8, 4) is 0 Å². The molecule has 1 fully saturated rings. The van der Waals surface area contributed by atoms with E-state index in [1.54, 1.807) is 6.92 Å². The maximum absolute atomic E-state index is 13.3. The van der Waals surface area contributed by atoms with Gasteiger partial charge in [0.25, 0.3) is 5.91 Å². The van der Waals surface area contributed by atoms with Crippen LogP contribution in [-0.2, 0) is 11.3 Å². The van der Waals surface area contributed by atoms with Gasteiger partial charge in [-0.1, -0.05) is 12.8 Å². The summed E-state index contributed by atoms with van der Waals surface area (Å²) in [6, 6.07) is 3.54. The standard InChI is InChI=1S/C20H29N5O2/c1-14-8-11-25-16(13-23(3)15(2)19(21)26)18(22-17(25)12-14)20(27)24-9-6-4-5-7-10-24/h8,11-12,15H,4-7,9-10,13H2,1-3H3,(H2,21,26)/t15-/m0/s1. The Labute approximate surface area is 160 Å². The molecule has 2 N–H and O–H groups in total. The molecule has 0 aromatic carbocycles. The molecule has 0 saturated carbocycles. The van der Waals surface area contributed by atoms with Gasteiger partial charge >= 0.3 is 0 Å². The topological polar surface area (TPSA) is 83.9 Å². The molecule has 1 saturated heterocycles. The predicted molar refractivity (Wildman–Crippen MR) is 104 cm³/mol. The van der Waals surface area contributed by atoms with E-state index in [0.717, 1.165) is 42.8 Å². The number of carbonyl (C=O) groups excluding carboxylic acids is 2. The molecule has 146 valence electrons. The van der Waals surface area contributed by atoms with Gasteiger partial charge in [0.15, 0.2) is 5.69 Å². The average Bonchev–Trinajstić information content (AvgIpc) is 2.82. The van der Waals surface area contributed by atoms with Gasteiger partial charge in [0.1, 0.15) is 5.65 Å². The first-order valence-corrected chi connectivity index (χ1v) is 9.65. The summed E-state index contributed by atoms with van der Waals surface area (Å²) in [6.07, 6.45) is 6.34. The summed E-state index contributed by atoms with van der Waals surface area (Å²) in [5.41, 5.74) is 8.57. The Bertz CT molecular complexity index is 836. The van der Waals surface area contributed by atoms with Crippen LogP contribution < -0.4 is 5.73 Å². The fraction of sp³-hybridized carbons (Fsp3) is 0.550. The number of hydrogen-bond donors (Lipinski definition) is 1. The smallest absolute Gasteiger partial charge is 0.274 e. The van der Waals surface area contributed by atoms with Gasteiger partial charge in [-0.05, 0) is 51.4 Å². The Morgan fingerprint density at radius 1 is 1.26 bits per heavy atom. The number of primary amides is 1. The minimum Gasteiger partial charge on any atom is -0.368 e. The van der Waals surface area contributed by atoms with E-state index < -0.39 is 6.04 Å². The van der Waals surface area contributed by atoms with Gasteiger partial charge in [0.05, 0.1) is 11.7 Å². The third-order valence-corrected chi connectivity index (χ3v) is 5.45. The van der Waals surface area contributed by atoms with Crippen molar-refractivity contribution < 1.29 is 9.59 Å². The summed E-state index contributed by atoms with van der Waals surface area (Å²) < 4.78 is 1.95. The minimum atomic E-state index is -0.429. The summed E-state index contributed by atoms with van der Waals surface area (Å²) >= 11 is 0. The summed E-state index contributed by atoms with van der Waals surface area (Å²) in [5.74, 6) is -0.407. The van der Waals surface area contributed by atoms with E-state index in [1.165, 1.54) is 12.8 Å². The molecule has 0 spiro atoms. The third-order valence-electron chi connectivity index (χ3n) is 5.45. The zero-order valence-corrected chi connectivity index (χ0v) is 16.4. The number of rotatable bonds is 5. The number of likely N-dealkylation sites (tertiary alicyclic amines) is 1. The number of nitrogens with zero attached hydrogens (tertiary/aromatic N) is 4. The second kappa shape index (κ2) is 8.08. The molecule has 0 unspecified atom stereocenters. The Morgan fingerprint density at radius 2 is 1.93 bits per heavy atom. The maximum Gasteiger partial charge on any atom is 0.274 e. The van der Waals surface area contributed by atoms with Crippen LogP contribution in [0.4, 0.5) is 0 Å². The van der Waals surface area contributed by atoms with Crippen molar-refractivity contribution in [3.05, 3.63) is 35.3 Å². The van der Waals surface area contributed by atoms with Crippen molar-refractivity contribution in [2.75, 3.05) is 20.1 Å². The number of amides is 2. The monoisotopic (exact) mass is 371 g/mol. The lowest BCUT2D eigenvalue weighted by Gasteiger charge is -2.23. The molecule has 3 heterocycles. The highest BCUT2D eigenvalue weighted by atomic mass is 16.2. The summed E-state index contributed by atoms with van der Waals surface area (Å²) in [4.78, 5) is 33.3. The first kappa shape index (κ1) is 19.4. The number of pyridine rings is 1. The molecular formula is C20H29N5O2. The van der Waals surface area contributed by atoms with E-state index >= 15 is 0 Å². The molecule has 1 aliphatic heterocycles. The molecule has 3 rings (SSSR count). The highest BCUT2D eigenvalue weighted by molar-refractivity contribution is 5.94. The molecule has 0 aliphatic carbocycles. The van der Waals surface area contributed by atoms with Crippen LogP contribution in [-0.4, -0.2) is 57.2 Å². The second-order valence-electron chi connectivity index (χ2n) is 7.54. The van der Waals surface area contributed by atoms with Crippen molar-refractivity contribution in [2.24, 2.45) is 5.73 Å². The lowest BCUT2D eigenvalue weighted by Crippen LogP contribution is -2.40. The first-order chi connectivity index (χ1) is 12.9.